The van der Waals surface area contributed by atoms with Crippen LogP contribution in [0.1, 0.15) is 13.8 Å². The highest BCUT2D eigenvalue weighted by Crippen LogP contribution is 2.58. The topological polar surface area (TPSA) is 49.8 Å². The van der Waals surface area contributed by atoms with Gasteiger partial charge in [-0.2, -0.15) is 0 Å². The summed E-state index contributed by atoms with van der Waals surface area (Å²) in [7, 11) is -2.40. The van der Waals surface area contributed by atoms with Crippen molar-refractivity contribution in [3.8, 4) is 0 Å². The van der Waals surface area contributed by atoms with Crippen molar-refractivity contribution in [2.75, 3.05) is 12.8 Å². The van der Waals surface area contributed by atoms with Crippen molar-refractivity contribution in [1.82, 2.24) is 0 Å². The molecule has 1 heterocycles. The van der Waals surface area contributed by atoms with Gasteiger partial charge in [0.2, 0.25) is 0 Å². The van der Waals surface area contributed by atoms with Gasteiger partial charge in [-0.3, -0.25) is 0 Å². The maximum absolute atomic E-state index is 11.7. The number of hydrogen-bond donors (Lipinski definition) is 1. The van der Waals surface area contributed by atoms with E-state index in [1.807, 2.05) is 6.92 Å². The molecule has 3 unspecified atom stereocenters. The van der Waals surface area contributed by atoms with E-state index < -0.39 is 13.0 Å². The Bertz CT molecular complexity index is 156. The van der Waals surface area contributed by atoms with Crippen molar-refractivity contribution in [2.45, 2.75) is 25.5 Å². The van der Waals surface area contributed by atoms with Gasteiger partial charge >= 0.3 is 0 Å². The first-order chi connectivity index (χ1) is 4.61. The van der Waals surface area contributed by atoms with Crippen molar-refractivity contribution in [3.05, 3.63) is 0 Å². The number of rotatable bonds is 3. The number of ether oxygens (including phenoxy) is 1. The van der Waals surface area contributed by atoms with Crippen LogP contribution in [-0.4, -0.2) is 29.6 Å². The lowest BCUT2D eigenvalue weighted by atomic mass is 10.9. The minimum atomic E-state index is -2.40. The summed E-state index contributed by atoms with van der Waals surface area (Å²) < 4.78 is 16.6. The second kappa shape index (κ2) is 2.65. The van der Waals surface area contributed by atoms with E-state index in [-0.39, 0.29) is 5.85 Å². The molecule has 1 rings (SSSR count). The average Bonchev–Trinajstić information content (AvgIpc) is 2.67. The van der Waals surface area contributed by atoms with E-state index in [1.54, 1.807) is 6.92 Å². The SMILES string of the molecule is CCP(=O)(C(C)O)C1CO1. The van der Waals surface area contributed by atoms with Crippen LogP contribution in [0.25, 0.3) is 0 Å². The predicted octanol–water partition coefficient (Wildman–Crippen LogP) is 1.06. The highest BCUT2D eigenvalue weighted by atomic mass is 31.2. The average molecular weight is 164 g/mol. The van der Waals surface area contributed by atoms with Gasteiger partial charge in [-0.05, 0) is 6.92 Å². The molecule has 3 nitrogen and oxygen atoms in total. The fourth-order valence-corrected chi connectivity index (χ4v) is 3.01. The van der Waals surface area contributed by atoms with Crippen LogP contribution in [0, 0.1) is 0 Å². The molecule has 0 radical (unpaired) electrons. The van der Waals surface area contributed by atoms with E-state index in [9.17, 15) is 4.57 Å². The van der Waals surface area contributed by atoms with Crippen LogP contribution in [0.15, 0.2) is 0 Å². The highest BCUT2D eigenvalue weighted by Gasteiger charge is 2.44. The van der Waals surface area contributed by atoms with E-state index in [0.717, 1.165) is 0 Å². The Morgan fingerprint density at radius 3 is 2.50 bits per heavy atom. The quantitative estimate of drug-likeness (QED) is 0.501. The van der Waals surface area contributed by atoms with Gasteiger partial charge in [0.15, 0.2) is 0 Å². The molecule has 1 N–H and O–H groups in total. The smallest absolute Gasteiger partial charge is 0.144 e. The lowest BCUT2D eigenvalue weighted by molar-refractivity contribution is 0.263. The first-order valence-electron chi connectivity index (χ1n) is 3.49. The van der Waals surface area contributed by atoms with E-state index >= 15 is 0 Å². The molecule has 0 aromatic heterocycles. The molecule has 1 aliphatic rings. The zero-order valence-electron chi connectivity index (χ0n) is 6.28. The van der Waals surface area contributed by atoms with Gasteiger partial charge < -0.3 is 14.4 Å². The summed E-state index contributed by atoms with van der Waals surface area (Å²) in [6.45, 7) is 3.97. The van der Waals surface area contributed by atoms with Gasteiger partial charge in [0.05, 0.1) is 6.61 Å². The maximum atomic E-state index is 11.7. The maximum Gasteiger partial charge on any atom is 0.144 e. The number of hydrogen-bond acceptors (Lipinski definition) is 3. The summed E-state index contributed by atoms with van der Waals surface area (Å²) in [4.78, 5) is 0. The third-order valence-electron chi connectivity index (χ3n) is 1.93. The molecule has 0 aromatic carbocycles. The molecule has 1 saturated heterocycles. The lowest BCUT2D eigenvalue weighted by Crippen LogP contribution is -2.08. The molecule has 1 fully saturated rings. The van der Waals surface area contributed by atoms with E-state index in [2.05, 4.69) is 0 Å². The Balaban J connectivity index is 2.66. The van der Waals surface area contributed by atoms with Crippen LogP contribution in [-0.2, 0) is 9.30 Å². The molecular weight excluding hydrogens is 151 g/mol. The van der Waals surface area contributed by atoms with Gasteiger partial charge in [0.25, 0.3) is 0 Å². The largest absolute Gasteiger partial charge is 0.386 e. The van der Waals surface area contributed by atoms with Crippen molar-refractivity contribution in [1.29, 1.82) is 0 Å². The van der Waals surface area contributed by atoms with Crippen LogP contribution in [0.4, 0.5) is 0 Å². The summed E-state index contributed by atoms with van der Waals surface area (Å²) in [6.07, 6.45) is 0.537. The monoisotopic (exact) mass is 164 g/mol. The standard InChI is InChI=1S/C6H13O3P/c1-3-10(8,5(2)7)6-4-9-6/h5-7H,3-4H2,1-2H3. The van der Waals surface area contributed by atoms with Crippen LogP contribution in [0.5, 0.6) is 0 Å². The minimum Gasteiger partial charge on any atom is -0.386 e. The molecule has 4 heteroatoms. The Hall–Kier alpha value is 0.150. The summed E-state index contributed by atoms with van der Waals surface area (Å²) in [5.74, 6) is -0.845. The van der Waals surface area contributed by atoms with Crippen LogP contribution in [0.2, 0.25) is 0 Å². The van der Waals surface area contributed by atoms with Crippen LogP contribution in [0.3, 0.4) is 0 Å². The molecular formula is C6H13O3P. The fraction of sp³-hybridized carbons (Fsp3) is 1.00. The minimum absolute atomic E-state index is 0.141. The van der Waals surface area contributed by atoms with Crippen LogP contribution >= 0.6 is 7.14 Å². The molecule has 1 aliphatic heterocycles. The summed E-state index contributed by atoms with van der Waals surface area (Å²) in [5, 5.41) is 9.14. The zero-order valence-corrected chi connectivity index (χ0v) is 7.17. The third-order valence-corrected chi connectivity index (χ3v) is 5.46. The van der Waals surface area contributed by atoms with Crippen LogP contribution < -0.4 is 0 Å². The second-order valence-electron chi connectivity index (χ2n) is 2.59. The van der Waals surface area contributed by atoms with Gasteiger partial charge in [0.1, 0.15) is 18.8 Å². The Kier molecular flexibility index (Phi) is 2.18. The molecule has 0 saturated carbocycles. The predicted molar refractivity (Wildman–Crippen MR) is 39.6 cm³/mol. The van der Waals surface area contributed by atoms with Crippen molar-refractivity contribution < 1.29 is 14.4 Å². The zero-order chi connectivity index (χ0) is 7.78. The number of aliphatic hydroxyl groups is 1. The molecule has 60 valence electrons. The van der Waals surface area contributed by atoms with Gasteiger partial charge in [-0.25, -0.2) is 0 Å². The number of epoxide rings is 1. The van der Waals surface area contributed by atoms with E-state index in [1.165, 1.54) is 0 Å². The molecule has 0 bridgehead atoms. The molecule has 0 amide bonds. The molecule has 3 atom stereocenters. The second-order valence-corrected chi connectivity index (χ2v) is 6.25. The third kappa shape index (κ3) is 1.26. The molecule has 0 aromatic rings. The summed E-state index contributed by atoms with van der Waals surface area (Å²) >= 11 is 0. The van der Waals surface area contributed by atoms with Crippen molar-refractivity contribution >= 4 is 7.14 Å². The Labute approximate surface area is 60.8 Å². The normalized spacial score (nSPS) is 32.9. The van der Waals surface area contributed by atoms with Crippen molar-refractivity contribution in [2.24, 2.45) is 0 Å². The molecule has 10 heavy (non-hydrogen) atoms. The van der Waals surface area contributed by atoms with Gasteiger partial charge in [-0.15, -0.1) is 0 Å². The highest BCUT2D eigenvalue weighted by molar-refractivity contribution is 7.65. The van der Waals surface area contributed by atoms with Gasteiger partial charge in [-0.1, -0.05) is 6.92 Å². The fourth-order valence-electron chi connectivity index (χ4n) is 1.00. The number of aliphatic hydroxyl groups excluding tert-OH is 1. The first kappa shape index (κ1) is 8.25. The first-order valence-corrected chi connectivity index (χ1v) is 5.52. The Morgan fingerprint density at radius 2 is 2.40 bits per heavy atom. The van der Waals surface area contributed by atoms with Crippen molar-refractivity contribution in [3.63, 3.8) is 0 Å². The molecule has 0 spiro atoms. The lowest BCUT2D eigenvalue weighted by Gasteiger charge is -2.15. The van der Waals surface area contributed by atoms with E-state index in [0.29, 0.717) is 12.8 Å². The molecule has 0 aliphatic carbocycles. The summed E-state index contributed by atoms with van der Waals surface area (Å²) in [5.41, 5.74) is 0. The Morgan fingerprint density at radius 1 is 1.90 bits per heavy atom. The summed E-state index contributed by atoms with van der Waals surface area (Å²) in [6, 6.07) is 0. The van der Waals surface area contributed by atoms with E-state index in [4.69, 9.17) is 9.84 Å². The van der Waals surface area contributed by atoms with Gasteiger partial charge in [0, 0.05) is 6.16 Å².